The van der Waals surface area contributed by atoms with Crippen LogP contribution in [0.1, 0.15) is 23.5 Å². The number of hydrogen-bond acceptors (Lipinski definition) is 2. The molecule has 2 aromatic carbocycles. The summed E-state index contributed by atoms with van der Waals surface area (Å²) >= 11 is 0. The molecular weight excluding hydrogens is 328 g/mol. The first-order chi connectivity index (χ1) is 12.0. The molecule has 0 heterocycles. The number of aliphatic carboxylic acids is 1. The molecule has 1 amide bonds. The van der Waals surface area contributed by atoms with Gasteiger partial charge >= 0.3 is 5.97 Å². The van der Waals surface area contributed by atoms with Gasteiger partial charge < -0.3 is 10.4 Å². The number of halogens is 2. The molecule has 0 aliphatic heterocycles. The molecule has 2 N–H and O–H groups in total. The lowest BCUT2D eigenvalue weighted by atomic mass is 10.0. The fraction of sp³-hybridized carbons (Fsp3) is 0.263. The lowest BCUT2D eigenvalue weighted by Crippen LogP contribution is -2.43. The molecule has 2 unspecified atom stereocenters. The van der Waals surface area contributed by atoms with Crippen molar-refractivity contribution in [3.63, 3.8) is 0 Å². The zero-order valence-corrected chi connectivity index (χ0v) is 13.3. The highest BCUT2D eigenvalue weighted by molar-refractivity contribution is 5.87. The summed E-state index contributed by atoms with van der Waals surface area (Å²) in [4.78, 5) is 23.7. The van der Waals surface area contributed by atoms with Gasteiger partial charge in [0.1, 0.15) is 6.04 Å². The van der Waals surface area contributed by atoms with E-state index in [4.69, 9.17) is 0 Å². The van der Waals surface area contributed by atoms with Crippen LogP contribution in [0.25, 0.3) is 0 Å². The number of carbonyl (C=O) groups excluding carboxylic acids is 1. The summed E-state index contributed by atoms with van der Waals surface area (Å²) in [5.41, 5.74) is 0.953. The van der Waals surface area contributed by atoms with Crippen LogP contribution in [0.15, 0.2) is 48.5 Å². The van der Waals surface area contributed by atoms with Crippen molar-refractivity contribution in [2.75, 3.05) is 0 Å². The smallest absolute Gasteiger partial charge is 0.326 e. The Morgan fingerprint density at radius 1 is 1.12 bits per heavy atom. The van der Waals surface area contributed by atoms with Gasteiger partial charge in [-0.15, -0.1) is 0 Å². The van der Waals surface area contributed by atoms with Crippen molar-refractivity contribution >= 4 is 11.9 Å². The molecule has 1 aliphatic rings. The van der Waals surface area contributed by atoms with Crippen LogP contribution in [0, 0.1) is 17.6 Å². The molecule has 25 heavy (non-hydrogen) atoms. The molecule has 130 valence electrons. The van der Waals surface area contributed by atoms with Gasteiger partial charge in [-0.1, -0.05) is 42.5 Å². The highest BCUT2D eigenvalue weighted by atomic mass is 19.2. The Morgan fingerprint density at radius 3 is 2.52 bits per heavy atom. The molecule has 0 spiro atoms. The summed E-state index contributed by atoms with van der Waals surface area (Å²) in [6.45, 7) is 0. The Labute approximate surface area is 143 Å². The number of amides is 1. The van der Waals surface area contributed by atoms with Gasteiger partial charge in [-0.25, -0.2) is 13.6 Å². The fourth-order valence-electron chi connectivity index (χ4n) is 2.96. The van der Waals surface area contributed by atoms with Crippen molar-refractivity contribution in [2.45, 2.75) is 24.8 Å². The van der Waals surface area contributed by atoms with Crippen molar-refractivity contribution in [2.24, 2.45) is 5.92 Å². The van der Waals surface area contributed by atoms with Crippen molar-refractivity contribution in [3.05, 3.63) is 71.3 Å². The summed E-state index contributed by atoms with van der Waals surface area (Å²) in [6.07, 6.45) is 0.539. The number of carboxylic acids is 1. The van der Waals surface area contributed by atoms with E-state index in [1.54, 1.807) is 24.3 Å². The highest BCUT2D eigenvalue weighted by Gasteiger charge is 2.46. The van der Waals surface area contributed by atoms with Gasteiger partial charge in [0, 0.05) is 12.3 Å². The Bertz CT molecular complexity index is 795. The summed E-state index contributed by atoms with van der Waals surface area (Å²) in [7, 11) is 0. The molecular formula is C19H17F2NO3. The largest absolute Gasteiger partial charge is 0.480 e. The van der Waals surface area contributed by atoms with E-state index >= 15 is 0 Å². The molecule has 0 radical (unpaired) electrons. The minimum absolute atomic E-state index is 0.160. The molecule has 1 fully saturated rings. The maximum absolute atomic E-state index is 13.8. The van der Waals surface area contributed by atoms with Crippen molar-refractivity contribution < 1.29 is 23.5 Å². The second kappa shape index (κ2) is 7.01. The van der Waals surface area contributed by atoms with Gasteiger partial charge in [0.15, 0.2) is 11.6 Å². The summed E-state index contributed by atoms with van der Waals surface area (Å²) in [5.74, 6) is -4.42. The highest BCUT2D eigenvalue weighted by Crippen LogP contribution is 2.48. The minimum Gasteiger partial charge on any atom is -0.480 e. The molecule has 4 nitrogen and oxygen atoms in total. The molecule has 6 heteroatoms. The first-order valence-electron chi connectivity index (χ1n) is 7.98. The SMILES string of the molecule is O=C(N[C@@H](Cc1ccccc1)C(=O)O)C1CC1c1cccc(F)c1F. The summed E-state index contributed by atoms with van der Waals surface area (Å²) in [6, 6.07) is 11.8. The Kier molecular flexibility index (Phi) is 4.79. The third-order valence-corrected chi connectivity index (χ3v) is 4.41. The van der Waals surface area contributed by atoms with Gasteiger partial charge in [0.2, 0.25) is 5.91 Å². The number of hydrogen-bond donors (Lipinski definition) is 2. The third-order valence-electron chi connectivity index (χ3n) is 4.41. The predicted molar refractivity (Wildman–Crippen MR) is 86.9 cm³/mol. The van der Waals surface area contributed by atoms with E-state index in [2.05, 4.69) is 5.32 Å². The second-order valence-corrected chi connectivity index (χ2v) is 6.18. The van der Waals surface area contributed by atoms with E-state index in [1.807, 2.05) is 6.07 Å². The van der Waals surface area contributed by atoms with E-state index in [1.165, 1.54) is 12.1 Å². The fourth-order valence-corrected chi connectivity index (χ4v) is 2.96. The molecule has 0 saturated heterocycles. The van der Waals surface area contributed by atoms with Crippen LogP contribution in [0.2, 0.25) is 0 Å². The molecule has 2 aromatic rings. The van der Waals surface area contributed by atoms with E-state index in [9.17, 15) is 23.5 Å². The Balaban J connectivity index is 1.65. The number of carbonyl (C=O) groups is 2. The quantitative estimate of drug-likeness (QED) is 0.846. The molecule has 0 bridgehead atoms. The van der Waals surface area contributed by atoms with E-state index in [-0.39, 0.29) is 12.0 Å². The molecule has 3 atom stereocenters. The zero-order valence-electron chi connectivity index (χ0n) is 13.3. The van der Waals surface area contributed by atoms with Gasteiger partial charge in [-0.2, -0.15) is 0 Å². The van der Waals surface area contributed by atoms with E-state index < -0.39 is 41.4 Å². The van der Waals surface area contributed by atoms with Crippen molar-refractivity contribution in [1.82, 2.24) is 5.32 Å². The normalized spacial score (nSPS) is 19.9. The first kappa shape index (κ1) is 17.1. The van der Waals surface area contributed by atoms with E-state index in [0.717, 1.165) is 11.6 Å². The summed E-state index contributed by atoms with van der Waals surface area (Å²) in [5, 5.41) is 11.8. The van der Waals surface area contributed by atoms with Gasteiger partial charge in [-0.05, 0) is 29.5 Å². The molecule has 1 saturated carbocycles. The zero-order chi connectivity index (χ0) is 18.0. The lowest BCUT2D eigenvalue weighted by molar-refractivity contribution is -0.142. The Hall–Kier alpha value is -2.76. The lowest BCUT2D eigenvalue weighted by Gasteiger charge is -2.15. The Morgan fingerprint density at radius 2 is 1.84 bits per heavy atom. The van der Waals surface area contributed by atoms with Crippen LogP contribution < -0.4 is 5.32 Å². The summed E-state index contributed by atoms with van der Waals surface area (Å²) < 4.78 is 27.1. The molecule has 1 aliphatic carbocycles. The van der Waals surface area contributed by atoms with Crippen molar-refractivity contribution in [3.8, 4) is 0 Å². The van der Waals surface area contributed by atoms with Gasteiger partial charge in [0.05, 0.1) is 0 Å². The second-order valence-electron chi connectivity index (χ2n) is 6.18. The number of benzene rings is 2. The van der Waals surface area contributed by atoms with Crippen LogP contribution in [-0.2, 0) is 16.0 Å². The third kappa shape index (κ3) is 3.84. The maximum atomic E-state index is 13.8. The van der Waals surface area contributed by atoms with Gasteiger partial charge in [0.25, 0.3) is 0 Å². The average molecular weight is 345 g/mol. The van der Waals surface area contributed by atoms with Crippen molar-refractivity contribution in [1.29, 1.82) is 0 Å². The van der Waals surface area contributed by atoms with Crippen LogP contribution in [-0.4, -0.2) is 23.0 Å². The minimum atomic E-state index is -1.13. The maximum Gasteiger partial charge on any atom is 0.326 e. The topological polar surface area (TPSA) is 66.4 Å². The number of nitrogens with one attached hydrogen (secondary N) is 1. The average Bonchev–Trinajstić information content (AvgIpc) is 3.38. The van der Waals surface area contributed by atoms with Gasteiger partial charge in [-0.3, -0.25) is 4.79 Å². The number of carboxylic acid groups (broad SMARTS) is 1. The molecule has 3 rings (SSSR count). The van der Waals surface area contributed by atoms with Crippen LogP contribution in [0.3, 0.4) is 0 Å². The van der Waals surface area contributed by atoms with Crippen LogP contribution in [0.5, 0.6) is 0 Å². The van der Waals surface area contributed by atoms with Crippen LogP contribution in [0.4, 0.5) is 8.78 Å². The standard InChI is InChI=1S/C19H17F2NO3/c20-15-8-4-7-12(17(15)21)13-10-14(13)18(23)22-16(19(24)25)9-11-5-2-1-3-6-11/h1-8,13-14,16H,9-10H2,(H,22,23)(H,24,25)/t13?,14?,16-/m0/s1. The first-order valence-corrected chi connectivity index (χ1v) is 7.98. The predicted octanol–water partition coefficient (Wildman–Crippen LogP) is 2.88. The van der Waals surface area contributed by atoms with Crippen LogP contribution >= 0.6 is 0 Å². The van der Waals surface area contributed by atoms with E-state index in [0.29, 0.717) is 6.42 Å². The number of rotatable bonds is 6. The molecule has 0 aromatic heterocycles. The monoisotopic (exact) mass is 345 g/mol.